The van der Waals surface area contributed by atoms with Gasteiger partial charge in [0, 0.05) is 12.0 Å². The third-order valence-electron chi connectivity index (χ3n) is 2.36. The average Bonchev–Trinajstić information content (AvgIpc) is 2.27. The van der Waals surface area contributed by atoms with Crippen LogP contribution in [0.15, 0.2) is 36.9 Å². The Hall–Kier alpha value is -1.70. The van der Waals surface area contributed by atoms with Crippen LogP contribution in [0.25, 0.3) is 0 Å². The fraction of sp³-hybridized carbons (Fsp3) is 0.286. The quantitative estimate of drug-likeness (QED) is 0.416. The Labute approximate surface area is 96.0 Å². The number of aryl methyl sites for hydroxylation is 1. The molecule has 0 unspecified atom stereocenters. The molecule has 1 rings (SSSR count). The largest absolute Gasteiger partial charge is 0.299 e. The van der Waals surface area contributed by atoms with E-state index >= 15 is 0 Å². The van der Waals surface area contributed by atoms with Crippen LogP contribution in [0.2, 0.25) is 0 Å². The first kappa shape index (κ1) is 12.4. The van der Waals surface area contributed by atoms with E-state index in [0.29, 0.717) is 18.4 Å². The van der Waals surface area contributed by atoms with Crippen LogP contribution in [0, 0.1) is 6.92 Å². The lowest BCUT2D eigenvalue weighted by Crippen LogP contribution is -2.07. The van der Waals surface area contributed by atoms with E-state index in [9.17, 15) is 9.59 Å². The summed E-state index contributed by atoms with van der Waals surface area (Å²) in [6.07, 6.45) is 2.73. The van der Waals surface area contributed by atoms with Crippen LogP contribution >= 0.6 is 0 Å². The van der Waals surface area contributed by atoms with Gasteiger partial charge in [0.1, 0.15) is 5.78 Å². The number of hydrogen-bond donors (Lipinski definition) is 0. The molecule has 0 saturated carbocycles. The normalized spacial score (nSPS) is 9.81. The molecule has 0 aliphatic carbocycles. The van der Waals surface area contributed by atoms with Crippen molar-refractivity contribution in [1.29, 1.82) is 0 Å². The highest BCUT2D eigenvalue weighted by molar-refractivity contribution is 6.07. The zero-order valence-electron chi connectivity index (χ0n) is 9.53. The fourth-order valence-corrected chi connectivity index (χ4v) is 1.37. The molecule has 2 nitrogen and oxygen atoms in total. The van der Waals surface area contributed by atoms with Crippen molar-refractivity contribution in [2.75, 3.05) is 0 Å². The second-order valence-corrected chi connectivity index (χ2v) is 3.83. The average molecular weight is 216 g/mol. The number of benzene rings is 1. The molecule has 0 fully saturated rings. The lowest BCUT2D eigenvalue weighted by atomic mass is 10.0. The molecule has 1 aromatic carbocycles. The van der Waals surface area contributed by atoms with Crippen LogP contribution in [0.1, 0.15) is 35.2 Å². The van der Waals surface area contributed by atoms with Crippen molar-refractivity contribution in [3.05, 3.63) is 48.0 Å². The van der Waals surface area contributed by atoms with Gasteiger partial charge in [-0.25, -0.2) is 0 Å². The monoisotopic (exact) mass is 216 g/mol. The first-order valence-corrected chi connectivity index (χ1v) is 5.36. The number of allylic oxidation sites excluding steroid dienone is 1. The van der Waals surface area contributed by atoms with Crippen LogP contribution in [0.5, 0.6) is 0 Å². The summed E-state index contributed by atoms with van der Waals surface area (Å²) in [5.74, 6) is -0.125. The fourth-order valence-electron chi connectivity index (χ4n) is 1.37. The maximum absolute atomic E-state index is 11.7. The van der Waals surface area contributed by atoms with Crippen molar-refractivity contribution >= 4 is 11.6 Å². The molecule has 0 bridgehead atoms. The summed E-state index contributed by atoms with van der Waals surface area (Å²) in [6.45, 7) is 5.50. The number of rotatable bonds is 6. The number of hydrogen-bond acceptors (Lipinski definition) is 2. The third-order valence-corrected chi connectivity index (χ3v) is 2.36. The van der Waals surface area contributed by atoms with Gasteiger partial charge >= 0.3 is 0 Å². The SMILES string of the molecule is C=CCCC(=O)CC(=O)c1ccc(C)cc1. The molecule has 0 amide bonds. The molecule has 0 aliphatic heterocycles. The highest BCUT2D eigenvalue weighted by Gasteiger charge is 2.10. The highest BCUT2D eigenvalue weighted by Crippen LogP contribution is 2.07. The van der Waals surface area contributed by atoms with Crippen LogP contribution in [-0.4, -0.2) is 11.6 Å². The van der Waals surface area contributed by atoms with E-state index in [1.807, 2.05) is 19.1 Å². The Kier molecular flexibility index (Phi) is 4.65. The van der Waals surface area contributed by atoms with E-state index in [4.69, 9.17) is 0 Å². The minimum atomic E-state index is -0.103. The molecule has 0 atom stereocenters. The van der Waals surface area contributed by atoms with Crippen LogP contribution in [-0.2, 0) is 4.79 Å². The van der Waals surface area contributed by atoms with E-state index in [-0.39, 0.29) is 18.0 Å². The maximum atomic E-state index is 11.7. The molecule has 84 valence electrons. The minimum absolute atomic E-state index is 0.00307. The van der Waals surface area contributed by atoms with Gasteiger partial charge in [-0.15, -0.1) is 6.58 Å². The Morgan fingerprint density at radius 3 is 2.44 bits per heavy atom. The van der Waals surface area contributed by atoms with Crippen molar-refractivity contribution in [1.82, 2.24) is 0 Å². The lowest BCUT2D eigenvalue weighted by molar-refractivity contribution is -0.118. The zero-order valence-corrected chi connectivity index (χ0v) is 9.53. The standard InChI is InChI=1S/C14H16O2/c1-3-4-5-13(15)10-14(16)12-8-6-11(2)7-9-12/h3,6-9H,1,4-5,10H2,2H3. The van der Waals surface area contributed by atoms with Gasteiger partial charge in [-0.2, -0.15) is 0 Å². The first-order valence-electron chi connectivity index (χ1n) is 5.36. The van der Waals surface area contributed by atoms with E-state index in [0.717, 1.165) is 5.56 Å². The molecule has 0 radical (unpaired) electrons. The van der Waals surface area contributed by atoms with Crippen LogP contribution in [0.3, 0.4) is 0 Å². The molecule has 0 saturated heterocycles. The highest BCUT2D eigenvalue weighted by atomic mass is 16.1. The molecule has 0 aromatic heterocycles. The van der Waals surface area contributed by atoms with Gasteiger partial charge in [0.2, 0.25) is 0 Å². The second-order valence-electron chi connectivity index (χ2n) is 3.83. The van der Waals surface area contributed by atoms with Crippen molar-refractivity contribution in [2.45, 2.75) is 26.2 Å². The number of ketones is 2. The van der Waals surface area contributed by atoms with Gasteiger partial charge in [-0.1, -0.05) is 35.9 Å². The first-order chi connectivity index (χ1) is 7.63. The van der Waals surface area contributed by atoms with Crippen LogP contribution < -0.4 is 0 Å². The predicted molar refractivity (Wildman–Crippen MR) is 64.6 cm³/mol. The predicted octanol–water partition coefficient (Wildman–Crippen LogP) is 3.10. The maximum Gasteiger partial charge on any atom is 0.170 e. The van der Waals surface area contributed by atoms with E-state index in [1.54, 1.807) is 18.2 Å². The summed E-state index contributed by atoms with van der Waals surface area (Å²) in [6, 6.07) is 7.28. The molecule has 0 heterocycles. The summed E-state index contributed by atoms with van der Waals surface area (Å²) in [5, 5.41) is 0. The van der Waals surface area contributed by atoms with E-state index < -0.39 is 0 Å². The number of Topliss-reactive ketones (excluding diaryl/α,β-unsaturated/α-hetero) is 2. The lowest BCUT2D eigenvalue weighted by Gasteiger charge is -2.00. The number of carbonyl (C=O) groups excluding carboxylic acids is 2. The topological polar surface area (TPSA) is 34.1 Å². The van der Waals surface area contributed by atoms with Gasteiger partial charge in [-0.3, -0.25) is 9.59 Å². The van der Waals surface area contributed by atoms with Crippen molar-refractivity contribution < 1.29 is 9.59 Å². The van der Waals surface area contributed by atoms with Gasteiger partial charge in [0.05, 0.1) is 6.42 Å². The summed E-state index contributed by atoms with van der Waals surface area (Å²) in [7, 11) is 0. The Morgan fingerprint density at radius 2 is 1.88 bits per heavy atom. The molecular weight excluding hydrogens is 200 g/mol. The van der Waals surface area contributed by atoms with E-state index in [1.165, 1.54) is 0 Å². The van der Waals surface area contributed by atoms with Crippen molar-refractivity contribution in [3.8, 4) is 0 Å². The van der Waals surface area contributed by atoms with Gasteiger partial charge < -0.3 is 0 Å². The summed E-state index contributed by atoms with van der Waals surface area (Å²) in [5.41, 5.74) is 1.71. The van der Waals surface area contributed by atoms with Crippen molar-refractivity contribution in [2.24, 2.45) is 0 Å². The Balaban J connectivity index is 2.55. The molecule has 16 heavy (non-hydrogen) atoms. The summed E-state index contributed by atoms with van der Waals surface area (Å²) < 4.78 is 0. The summed E-state index contributed by atoms with van der Waals surface area (Å²) in [4.78, 5) is 23.1. The molecular formula is C14H16O2. The molecule has 2 heteroatoms. The molecule has 0 spiro atoms. The van der Waals surface area contributed by atoms with Crippen LogP contribution in [0.4, 0.5) is 0 Å². The Bertz CT molecular complexity index is 388. The van der Waals surface area contributed by atoms with Gasteiger partial charge in [-0.05, 0) is 13.3 Å². The summed E-state index contributed by atoms with van der Waals surface area (Å²) >= 11 is 0. The van der Waals surface area contributed by atoms with Crippen molar-refractivity contribution in [3.63, 3.8) is 0 Å². The molecule has 1 aromatic rings. The number of carbonyl (C=O) groups is 2. The Morgan fingerprint density at radius 1 is 1.25 bits per heavy atom. The molecule has 0 N–H and O–H groups in total. The smallest absolute Gasteiger partial charge is 0.170 e. The van der Waals surface area contributed by atoms with E-state index in [2.05, 4.69) is 6.58 Å². The van der Waals surface area contributed by atoms with Gasteiger partial charge in [0.15, 0.2) is 5.78 Å². The zero-order chi connectivity index (χ0) is 12.0. The molecule has 0 aliphatic rings. The minimum Gasteiger partial charge on any atom is -0.299 e. The third kappa shape index (κ3) is 3.81. The van der Waals surface area contributed by atoms with Gasteiger partial charge in [0.25, 0.3) is 0 Å². The second kappa shape index (κ2) is 6.01.